The Morgan fingerprint density at radius 2 is 1.89 bits per heavy atom. The van der Waals surface area contributed by atoms with Gasteiger partial charge in [0.2, 0.25) is 5.95 Å². The van der Waals surface area contributed by atoms with Gasteiger partial charge in [0.05, 0.1) is 0 Å². The lowest BCUT2D eigenvalue weighted by Gasteiger charge is -2.29. The predicted molar refractivity (Wildman–Crippen MR) is 108 cm³/mol. The summed E-state index contributed by atoms with van der Waals surface area (Å²) in [5, 5.41) is 3.21. The molecule has 1 amide bonds. The fourth-order valence-corrected chi connectivity index (χ4v) is 3.47. The van der Waals surface area contributed by atoms with Gasteiger partial charge in [-0.1, -0.05) is 30.3 Å². The van der Waals surface area contributed by atoms with Crippen LogP contribution < -0.4 is 10.2 Å². The highest BCUT2D eigenvalue weighted by Crippen LogP contribution is 2.28. The molecule has 0 atom stereocenters. The second-order valence-electron chi connectivity index (χ2n) is 6.90. The summed E-state index contributed by atoms with van der Waals surface area (Å²) in [6.07, 6.45) is 1.96. The van der Waals surface area contributed by atoms with E-state index in [2.05, 4.69) is 21.4 Å². The van der Waals surface area contributed by atoms with E-state index in [0.29, 0.717) is 18.2 Å². The maximum Gasteiger partial charge on any atom is 0.277 e. The van der Waals surface area contributed by atoms with E-state index in [1.165, 1.54) is 5.56 Å². The molecule has 1 aliphatic rings. The van der Waals surface area contributed by atoms with Gasteiger partial charge >= 0.3 is 0 Å². The molecule has 3 aromatic rings. The molecule has 0 saturated heterocycles. The Kier molecular flexibility index (Phi) is 4.59. The van der Waals surface area contributed by atoms with Crippen molar-refractivity contribution in [3.05, 3.63) is 77.1 Å². The van der Waals surface area contributed by atoms with Gasteiger partial charge in [-0.2, -0.15) is 0 Å². The maximum absolute atomic E-state index is 13.2. The SMILES string of the molecule is Cc1cccc(Nc2nc(C)cc(C(=O)N3CCCc4ccccc43)n2)c1. The lowest BCUT2D eigenvalue weighted by molar-refractivity contribution is 0.0980. The number of nitrogens with one attached hydrogen (secondary N) is 1. The summed E-state index contributed by atoms with van der Waals surface area (Å²) in [5.41, 5.74) is 5.42. The van der Waals surface area contributed by atoms with Crippen molar-refractivity contribution >= 4 is 23.2 Å². The summed E-state index contributed by atoms with van der Waals surface area (Å²) in [7, 11) is 0. The first-order valence-electron chi connectivity index (χ1n) is 9.19. The second-order valence-corrected chi connectivity index (χ2v) is 6.90. The van der Waals surface area contributed by atoms with Crippen molar-refractivity contribution < 1.29 is 4.79 Å². The monoisotopic (exact) mass is 358 g/mol. The molecule has 4 rings (SSSR count). The van der Waals surface area contributed by atoms with E-state index in [1.807, 2.05) is 61.2 Å². The van der Waals surface area contributed by atoms with E-state index in [1.54, 1.807) is 6.07 Å². The zero-order valence-electron chi connectivity index (χ0n) is 15.6. The second kappa shape index (κ2) is 7.19. The minimum absolute atomic E-state index is 0.0834. The van der Waals surface area contributed by atoms with Crippen molar-refractivity contribution in [2.75, 3.05) is 16.8 Å². The van der Waals surface area contributed by atoms with E-state index < -0.39 is 0 Å². The number of hydrogen-bond donors (Lipinski definition) is 1. The van der Waals surface area contributed by atoms with E-state index in [9.17, 15) is 4.79 Å². The zero-order chi connectivity index (χ0) is 18.8. The Morgan fingerprint density at radius 1 is 1.04 bits per heavy atom. The number of aryl methyl sites for hydroxylation is 3. The average Bonchev–Trinajstić information content (AvgIpc) is 2.66. The molecule has 2 heterocycles. The lowest BCUT2D eigenvalue weighted by Crippen LogP contribution is -2.36. The van der Waals surface area contributed by atoms with Gasteiger partial charge < -0.3 is 10.2 Å². The Balaban J connectivity index is 1.64. The molecule has 5 heteroatoms. The van der Waals surface area contributed by atoms with Gasteiger partial charge in [0.25, 0.3) is 5.91 Å². The van der Waals surface area contributed by atoms with Gasteiger partial charge in [-0.25, -0.2) is 9.97 Å². The standard InChI is InChI=1S/C22H22N4O/c1-15-7-5-10-18(13-15)24-22-23-16(2)14-19(25-22)21(27)26-12-6-9-17-8-3-4-11-20(17)26/h3-5,7-8,10-11,13-14H,6,9,12H2,1-2H3,(H,23,24,25). The molecule has 0 unspecified atom stereocenters. The van der Waals surface area contributed by atoms with Crippen LogP contribution in [0.1, 0.15) is 33.7 Å². The highest BCUT2D eigenvalue weighted by molar-refractivity contribution is 6.05. The average molecular weight is 358 g/mol. The van der Waals surface area contributed by atoms with Crippen molar-refractivity contribution in [1.82, 2.24) is 9.97 Å². The van der Waals surface area contributed by atoms with Crippen LogP contribution in [0.15, 0.2) is 54.6 Å². The van der Waals surface area contributed by atoms with Gasteiger partial charge in [0.1, 0.15) is 5.69 Å². The van der Waals surface area contributed by atoms with Crippen molar-refractivity contribution in [3.63, 3.8) is 0 Å². The van der Waals surface area contributed by atoms with Gasteiger partial charge in [-0.05, 0) is 62.1 Å². The summed E-state index contributed by atoms with van der Waals surface area (Å²) in [6.45, 7) is 4.62. The summed E-state index contributed by atoms with van der Waals surface area (Å²) in [5.74, 6) is 0.356. The molecule has 0 bridgehead atoms. The van der Waals surface area contributed by atoms with Crippen LogP contribution in [-0.4, -0.2) is 22.4 Å². The minimum atomic E-state index is -0.0834. The largest absolute Gasteiger partial charge is 0.324 e. The molecule has 136 valence electrons. The van der Waals surface area contributed by atoms with Gasteiger partial charge in [-0.3, -0.25) is 4.79 Å². The van der Waals surface area contributed by atoms with Crippen molar-refractivity contribution in [2.45, 2.75) is 26.7 Å². The van der Waals surface area contributed by atoms with Crippen LogP contribution >= 0.6 is 0 Å². The Morgan fingerprint density at radius 3 is 2.74 bits per heavy atom. The number of para-hydroxylation sites is 1. The van der Waals surface area contributed by atoms with Crippen LogP contribution in [0.25, 0.3) is 0 Å². The van der Waals surface area contributed by atoms with Crippen LogP contribution in [0.3, 0.4) is 0 Å². The summed E-state index contributed by atoms with van der Waals surface area (Å²) in [4.78, 5) is 23.9. The number of nitrogens with zero attached hydrogens (tertiary/aromatic N) is 3. The first kappa shape index (κ1) is 17.2. The number of aromatic nitrogens is 2. The van der Waals surface area contributed by atoms with Crippen LogP contribution in [0.4, 0.5) is 17.3 Å². The molecule has 0 fully saturated rings. The Labute approximate surface area is 159 Å². The first-order chi connectivity index (χ1) is 13.1. The number of carbonyl (C=O) groups is 1. The molecule has 0 radical (unpaired) electrons. The molecule has 27 heavy (non-hydrogen) atoms. The van der Waals surface area contributed by atoms with Gasteiger partial charge in [0.15, 0.2) is 0 Å². The predicted octanol–water partition coefficient (Wildman–Crippen LogP) is 4.43. The molecule has 0 saturated carbocycles. The third-order valence-corrected chi connectivity index (χ3v) is 4.70. The molecular formula is C22H22N4O. The first-order valence-corrected chi connectivity index (χ1v) is 9.19. The maximum atomic E-state index is 13.2. The van der Waals surface area contributed by atoms with Gasteiger partial charge in [-0.15, -0.1) is 0 Å². The number of anilines is 3. The van der Waals surface area contributed by atoms with Crippen molar-refractivity contribution in [3.8, 4) is 0 Å². The molecule has 1 aliphatic heterocycles. The zero-order valence-corrected chi connectivity index (χ0v) is 15.6. The van der Waals surface area contributed by atoms with Crippen LogP contribution in [0, 0.1) is 13.8 Å². The quantitative estimate of drug-likeness (QED) is 0.752. The fourth-order valence-electron chi connectivity index (χ4n) is 3.47. The highest BCUT2D eigenvalue weighted by atomic mass is 16.2. The molecule has 0 spiro atoms. The number of carbonyl (C=O) groups excluding carboxylic acids is 1. The number of amides is 1. The van der Waals surface area contributed by atoms with Crippen LogP contribution in [0.2, 0.25) is 0 Å². The van der Waals surface area contributed by atoms with Gasteiger partial charge in [0, 0.05) is 23.6 Å². The van der Waals surface area contributed by atoms with E-state index >= 15 is 0 Å². The Hall–Kier alpha value is -3.21. The molecule has 1 aromatic heterocycles. The third-order valence-electron chi connectivity index (χ3n) is 4.70. The molecule has 0 aliphatic carbocycles. The third kappa shape index (κ3) is 3.67. The summed E-state index contributed by atoms with van der Waals surface area (Å²) < 4.78 is 0. The van der Waals surface area contributed by atoms with E-state index in [0.717, 1.165) is 35.5 Å². The van der Waals surface area contributed by atoms with Crippen LogP contribution in [-0.2, 0) is 6.42 Å². The topological polar surface area (TPSA) is 58.1 Å². The molecule has 5 nitrogen and oxygen atoms in total. The normalized spacial score (nSPS) is 13.2. The smallest absolute Gasteiger partial charge is 0.277 e. The minimum Gasteiger partial charge on any atom is -0.324 e. The number of fused-ring (bicyclic) bond motifs is 1. The lowest BCUT2D eigenvalue weighted by atomic mass is 10.0. The molecular weight excluding hydrogens is 336 g/mol. The fraction of sp³-hybridized carbons (Fsp3) is 0.227. The summed E-state index contributed by atoms with van der Waals surface area (Å²) >= 11 is 0. The number of rotatable bonds is 3. The highest BCUT2D eigenvalue weighted by Gasteiger charge is 2.24. The molecule has 2 aromatic carbocycles. The van der Waals surface area contributed by atoms with Crippen molar-refractivity contribution in [1.29, 1.82) is 0 Å². The Bertz CT molecular complexity index is 999. The number of benzene rings is 2. The molecule has 1 N–H and O–H groups in total. The summed E-state index contributed by atoms with van der Waals surface area (Å²) in [6, 6.07) is 17.8. The van der Waals surface area contributed by atoms with Crippen LogP contribution in [0.5, 0.6) is 0 Å². The van der Waals surface area contributed by atoms with E-state index in [-0.39, 0.29) is 5.91 Å². The van der Waals surface area contributed by atoms with Crippen molar-refractivity contribution in [2.24, 2.45) is 0 Å². The van der Waals surface area contributed by atoms with E-state index in [4.69, 9.17) is 0 Å². The number of hydrogen-bond acceptors (Lipinski definition) is 4.